The summed E-state index contributed by atoms with van der Waals surface area (Å²) in [5.74, 6) is -1.16. The Labute approximate surface area is 133 Å². The highest BCUT2D eigenvalue weighted by Crippen LogP contribution is 2.30. The maximum Gasteiger partial charge on any atom is 0.419 e. The van der Waals surface area contributed by atoms with E-state index in [0.29, 0.717) is 11.1 Å². The number of aryl methyl sites for hydroxylation is 1. The van der Waals surface area contributed by atoms with Crippen LogP contribution in [0, 0.1) is 0 Å². The first-order valence-electron chi connectivity index (χ1n) is 6.84. The van der Waals surface area contributed by atoms with E-state index in [1.165, 1.54) is 41.9 Å². The van der Waals surface area contributed by atoms with E-state index in [4.69, 9.17) is 4.42 Å². The average molecular weight is 336 g/mol. The number of aromatic nitrogens is 1. The number of amides is 1. The molecule has 3 aromatic rings. The molecular weight excluding hydrogens is 325 g/mol. The van der Waals surface area contributed by atoms with Crippen LogP contribution in [0.5, 0.6) is 0 Å². The van der Waals surface area contributed by atoms with Gasteiger partial charge in [0.1, 0.15) is 0 Å². The van der Waals surface area contributed by atoms with Gasteiger partial charge in [-0.05, 0) is 36.4 Å². The van der Waals surface area contributed by atoms with Crippen molar-refractivity contribution >= 4 is 22.7 Å². The molecule has 1 aromatic heterocycles. The second-order valence-electron chi connectivity index (χ2n) is 5.14. The van der Waals surface area contributed by atoms with Gasteiger partial charge in [-0.2, -0.15) is 13.2 Å². The van der Waals surface area contributed by atoms with Crippen molar-refractivity contribution in [2.24, 2.45) is 7.05 Å². The van der Waals surface area contributed by atoms with Crippen molar-refractivity contribution in [3.05, 3.63) is 64.1 Å². The Kier molecular flexibility index (Phi) is 3.67. The molecule has 0 aliphatic carbocycles. The van der Waals surface area contributed by atoms with Gasteiger partial charge < -0.3 is 9.73 Å². The third-order valence-corrected chi connectivity index (χ3v) is 3.50. The van der Waals surface area contributed by atoms with Gasteiger partial charge in [-0.15, -0.1) is 0 Å². The molecule has 1 N–H and O–H groups in total. The van der Waals surface area contributed by atoms with E-state index in [9.17, 15) is 22.8 Å². The predicted molar refractivity (Wildman–Crippen MR) is 80.9 cm³/mol. The molecule has 0 saturated carbocycles. The molecule has 2 aromatic carbocycles. The number of anilines is 1. The summed E-state index contributed by atoms with van der Waals surface area (Å²) in [4.78, 5) is 23.7. The number of carbonyl (C=O) groups excluding carboxylic acids is 1. The van der Waals surface area contributed by atoms with Gasteiger partial charge in [0, 0.05) is 18.3 Å². The fraction of sp³-hybridized carbons (Fsp3) is 0.125. The smallest absolute Gasteiger partial charge is 0.408 e. The second-order valence-corrected chi connectivity index (χ2v) is 5.14. The number of hydrogen-bond acceptors (Lipinski definition) is 3. The molecule has 0 saturated heterocycles. The summed E-state index contributed by atoms with van der Waals surface area (Å²) >= 11 is 0. The molecule has 0 aliphatic rings. The van der Waals surface area contributed by atoms with E-state index < -0.39 is 23.4 Å². The SMILES string of the molecule is Cn1c(=O)oc2ccc(C(=O)Nc3cccc(C(F)(F)F)c3)cc21. The number of fused-ring (bicyclic) bond motifs is 1. The number of carbonyl (C=O) groups is 1. The number of benzene rings is 2. The fourth-order valence-electron chi connectivity index (χ4n) is 2.24. The lowest BCUT2D eigenvalue weighted by molar-refractivity contribution is -0.137. The zero-order chi connectivity index (χ0) is 17.5. The van der Waals surface area contributed by atoms with Crippen molar-refractivity contribution in [2.75, 3.05) is 5.32 Å². The summed E-state index contributed by atoms with van der Waals surface area (Å²) in [6.45, 7) is 0. The molecular formula is C16H11F3N2O3. The third-order valence-electron chi connectivity index (χ3n) is 3.50. The standard InChI is InChI=1S/C16H11F3N2O3/c1-21-12-7-9(5-6-13(12)24-15(21)23)14(22)20-11-4-2-3-10(8-11)16(17,18)19/h2-8H,1H3,(H,20,22). The molecule has 1 amide bonds. The van der Waals surface area contributed by atoms with Crippen molar-refractivity contribution < 1.29 is 22.4 Å². The number of nitrogens with one attached hydrogen (secondary N) is 1. The molecule has 8 heteroatoms. The van der Waals surface area contributed by atoms with Crippen LogP contribution in [0.4, 0.5) is 18.9 Å². The molecule has 0 unspecified atom stereocenters. The van der Waals surface area contributed by atoms with Crippen LogP contribution in [0.25, 0.3) is 11.1 Å². The molecule has 0 radical (unpaired) electrons. The molecule has 5 nitrogen and oxygen atoms in total. The van der Waals surface area contributed by atoms with Gasteiger partial charge in [-0.1, -0.05) is 6.07 Å². The van der Waals surface area contributed by atoms with Gasteiger partial charge in [0.15, 0.2) is 5.58 Å². The minimum Gasteiger partial charge on any atom is -0.408 e. The highest BCUT2D eigenvalue weighted by molar-refractivity contribution is 6.05. The minimum atomic E-state index is -4.49. The quantitative estimate of drug-likeness (QED) is 0.780. The van der Waals surface area contributed by atoms with Crippen molar-refractivity contribution in [1.29, 1.82) is 0 Å². The van der Waals surface area contributed by atoms with E-state index >= 15 is 0 Å². The number of halogens is 3. The van der Waals surface area contributed by atoms with Gasteiger partial charge in [-0.3, -0.25) is 9.36 Å². The van der Waals surface area contributed by atoms with E-state index in [0.717, 1.165) is 12.1 Å². The molecule has 24 heavy (non-hydrogen) atoms. The molecule has 1 heterocycles. The van der Waals surface area contributed by atoms with Crippen molar-refractivity contribution in [3.8, 4) is 0 Å². The number of hydrogen-bond donors (Lipinski definition) is 1. The molecule has 0 aliphatic heterocycles. The lowest BCUT2D eigenvalue weighted by Crippen LogP contribution is -2.13. The van der Waals surface area contributed by atoms with Crippen LogP contribution < -0.4 is 11.1 Å². The number of oxazole rings is 1. The second kappa shape index (κ2) is 5.55. The van der Waals surface area contributed by atoms with Crippen LogP contribution in [0.2, 0.25) is 0 Å². The number of rotatable bonds is 2. The van der Waals surface area contributed by atoms with Crippen molar-refractivity contribution in [2.45, 2.75) is 6.18 Å². The Balaban J connectivity index is 1.90. The highest BCUT2D eigenvalue weighted by atomic mass is 19.4. The van der Waals surface area contributed by atoms with Crippen LogP contribution in [0.1, 0.15) is 15.9 Å². The molecule has 0 spiro atoms. The largest absolute Gasteiger partial charge is 0.419 e. The summed E-state index contributed by atoms with van der Waals surface area (Å²) in [7, 11) is 1.49. The lowest BCUT2D eigenvalue weighted by atomic mass is 10.1. The first-order valence-corrected chi connectivity index (χ1v) is 6.84. The first-order chi connectivity index (χ1) is 11.3. The van der Waals surface area contributed by atoms with E-state index in [1.54, 1.807) is 0 Å². The lowest BCUT2D eigenvalue weighted by Gasteiger charge is -2.10. The van der Waals surface area contributed by atoms with Crippen LogP contribution in [0.15, 0.2) is 51.7 Å². The van der Waals surface area contributed by atoms with Gasteiger partial charge in [0.2, 0.25) is 0 Å². The van der Waals surface area contributed by atoms with E-state index in [-0.39, 0.29) is 11.3 Å². The van der Waals surface area contributed by atoms with Gasteiger partial charge in [0.05, 0.1) is 11.1 Å². The summed E-state index contributed by atoms with van der Waals surface area (Å²) < 4.78 is 44.3. The molecule has 124 valence electrons. The normalized spacial score (nSPS) is 11.7. The zero-order valence-electron chi connectivity index (χ0n) is 12.3. The molecule has 0 atom stereocenters. The minimum absolute atomic E-state index is 0.0241. The Morgan fingerprint density at radius 1 is 1.17 bits per heavy atom. The molecule has 0 fully saturated rings. The average Bonchev–Trinajstić information content (AvgIpc) is 2.81. The Hall–Kier alpha value is -3.03. The zero-order valence-corrected chi connectivity index (χ0v) is 12.3. The monoisotopic (exact) mass is 336 g/mol. The summed E-state index contributed by atoms with van der Waals surface area (Å²) in [6, 6.07) is 8.66. The maximum absolute atomic E-state index is 12.7. The van der Waals surface area contributed by atoms with Gasteiger partial charge >= 0.3 is 11.9 Å². The van der Waals surface area contributed by atoms with Crippen LogP contribution in [-0.2, 0) is 13.2 Å². The van der Waals surface area contributed by atoms with E-state index in [2.05, 4.69) is 5.32 Å². The van der Waals surface area contributed by atoms with Gasteiger partial charge in [-0.25, -0.2) is 4.79 Å². The van der Waals surface area contributed by atoms with Crippen molar-refractivity contribution in [3.63, 3.8) is 0 Å². The summed E-state index contributed by atoms with van der Waals surface area (Å²) in [5, 5.41) is 2.40. The number of nitrogens with zero attached hydrogens (tertiary/aromatic N) is 1. The maximum atomic E-state index is 12.7. The Bertz CT molecular complexity index is 986. The van der Waals surface area contributed by atoms with Crippen molar-refractivity contribution in [1.82, 2.24) is 4.57 Å². The topological polar surface area (TPSA) is 64.2 Å². The fourth-order valence-corrected chi connectivity index (χ4v) is 2.24. The Morgan fingerprint density at radius 3 is 2.62 bits per heavy atom. The van der Waals surface area contributed by atoms with Crippen LogP contribution in [-0.4, -0.2) is 10.5 Å². The third kappa shape index (κ3) is 2.90. The summed E-state index contributed by atoms with van der Waals surface area (Å²) in [5.41, 5.74) is 0.0927. The first kappa shape index (κ1) is 15.9. The number of alkyl halides is 3. The molecule has 0 bridgehead atoms. The van der Waals surface area contributed by atoms with Gasteiger partial charge in [0.25, 0.3) is 5.91 Å². The highest BCUT2D eigenvalue weighted by Gasteiger charge is 2.30. The van der Waals surface area contributed by atoms with E-state index in [1.807, 2.05) is 0 Å². The summed E-state index contributed by atoms with van der Waals surface area (Å²) in [6.07, 6.45) is -4.49. The Morgan fingerprint density at radius 2 is 1.92 bits per heavy atom. The molecule has 3 rings (SSSR count). The van der Waals surface area contributed by atoms with Crippen LogP contribution in [0.3, 0.4) is 0 Å². The predicted octanol–water partition coefficient (Wildman–Crippen LogP) is 3.40. The van der Waals surface area contributed by atoms with Crippen LogP contribution >= 0.6 is 0 Å².